The average molecular weight is 533 g/mol. The fourth-order valence-electron chi connectivity index (χ4n) is 3.97. The molecule has 0 amide bonds. The molecule has 0 spiro atoms. The molecule has 0 bridgehead atoms. The van der Waals surface area contributed by atoms with Gasteiger partial charge in [0, 0.05) is 25.1 Å². The van der Waals surface area contributed by atoms with Crippen LogP contribution in [-0.2, 0) is 30.8 Å². The van der Waals surface area contributed by atoms with E-state index < -0.39 is 27.6 Å². The summed E-state index contributed by atoms with van der Waals surface area (Å²) in [5.41, 5.74) is 2.43. The van der Waals surface area contributed by atoms with Gasteiger partial charge in [-0.15, -0.1) is 10.2 Å². The second-order valence-electron chi connectivity index (χ2n) is 9.04. The Morgan fingerprint density at radius 2 is 1.89 bits per heavy atom. The molecule has 12 nitrogen and oxygen atoms in total. The third-order valence-electron chi connectivity index (χ3n) is 5.91. The zero-order valence-electron chi connectivity index (χ0n) is 21.7. The van der Waals surface area contributed by atoms with Crippen molar-refractivity contribution in [2.45, 2.75) is 58.0 Å². The zero-order chi connectivity index (χ0) is 26.7. The first-order valence-electron chi connectivity index (χ1n) is 11.8. The molecule has 3 atom stereocenters. The highest BCUT2D eigenvalue weighted by Crippen LogP contribution is 2.36. The number of benzene rings is 1. The smallest absolute Gasteiger partial charge is 0.240 e. The van der Waals surface area contributed by atoms with E-state index in [0.29, 0.717) is 11.6 Å². The molecule has 0 fully saturated rings. The van der Waals surface area contributed by atoms with Gasteiger partial charge in [0.25, 0.3) is 0 Å². The van der Waals surface area contributed by atoms with Gasteiger partial charge in [0.15, 0.2) is 17.9 Å². The molecule has 13 heteroatoms. The van der Waals surface area contributed by atoms with Crippen LogP contribution in [0.25, 0.3) is 11.4 Å². The second kappa shape index (κ2) is 11.1. The first-order chi connectivity index (χ1) is 17.6. The Balaban J connectivity index is 1.72. The minimum Gasteiger partial charge on any atom is -0.497 e. The lowest BCUT2D eigenvalue weighted by Gasteiger charge is -2.26. The largest absolute Gasteiger partial charge is 0.497 e. The molecule has 0 aliphatic carbocycles. The lowest BCUT2D eigenvalue weighted by atomic mass is 10.1. The number of hydrogen-bond donors (Lipinski definition) is 1. The van der Waals surface area contributed by atoms with Crippen molar-refractivity contribution < 1.29 is 27.4 Å². The topological polar surface area (TPSA) is 140 Å². The van der Waals surface area contributed by atoms with Gasteiger partial charge >= 0.3 is 0 Å². The molecule has 4 rings (SSSR count). The van der Waals surface area contributed by atoms with Crippen LogP contribution in [0.2, 0.25) is 0 Å². The number of anilines is 1. The molecule has 0 unspecified atom stereocenters. The van der Waals surface area contributed by atoms with Gasteiger partial charge in [0.05, 0.1) is 26.4 Å². The van der Waals surface area contributed by atoms with E-state index in [0.717, 1.165) is 16.7 Å². The maximum Gasteiger partial charge on any atom is 0.240 e. The highest BCUT2D eigenvalue weighted by Gasteiger charge is 2.37. The van der Waals surface area contributed by atoms with Crippen LogP contribution in [0.5, 0.6) is 5.75 Å². The molecule has 200 valence electrons. The van der Waals surface area contributed by atoms with Crippen LogP contribution in [0.4, 0.5) is 5.95 Å². The van der Waals surface area contributed by atoms with Crippen molar-refractivity contribution >= 4 is 16.0 Å². The number of nitrogens with one attached hydrogen (secondary N) is 1. The Bertz CT molecular complexity index is 1330. The minimum absolute atomic E-state index is 0.00677. The van der Waals surface area contributed by atoms with Crippen LogP contribution < -0.4 is 9.46 Å². The van der Waals surface area contributed by atoms with Gasteiger partial charge in [-0.25, -0.2) is 18.4 Å². The van der Waals surface area contributed by atoms with Crippen molar-refractivity contribution in [1.82, 2.24) is 24.7 Å². The van der Waals surface area contributed by atoms with E-state index in [9.17, 15) is 8.42 Å². The number of rotatable bonds is 10. The maximum atomic E-state index is 13.6. The van der Waals surface area contributed by atoms with Gasteiger partial charge in [-0.1, -0.05) is 6.07 Å². The Hall–Kier alpha value is -3.13. The number of aromatic nitrogens is 5. The van der Waals surface area contributed by atoms with E-state index in [1.54, 1.807) is 31.0 Å². The SMILES string of the molecule is COC[C@@H]1OCc2ccc(OC)cc2-c2nnc(NS(=O)(=O)[C@@H](C)[C@@H](OC(C)C)c3ncc(C)cn3)n21. The summed E-state index contributed by atoms with van der Waals surface area (Å²) in [6.07, 6.45) is 1.40. The summed E-state index contributed by atoms with van der Waals surface area (Å²) >= 11 is 0. The van der Waals surface area contributed by atoms with Crippen LogP contribution >= 0.6 is 0 Å². The number of aryl methyl sites for hydroxylation is 1. The second-order valence-corrected chi connectivity index (χ2v) is 11.1. The van der Waals surface area contributed by atoms with Crippen LogP contribution in [0.1, 0.15) is 50.1 Å². The Labute approximate surface area is 216 Å². The Morgan fingerprint density at radius 1 is 1.16 bits per heavy atom. The Kier molecular flexibility index (Phi) is 8.07. The van der Waals surface area contributed by atoms with Crippen molar-refractivity contribution in [3.05, 3.63) is 47.5 Å². The number of nitrogens with zero attached hydrogens (tertiary/aromatic N) is 5. The average Bonchev–Trinajstić information content (AvgIpc) is 3.20. The number of ether oxygens (including phenoxy) is 4. The molecule has 37 heavy (non-hydrogen) atoms. The molecule has 1 aliphatic rings. The summed E-state index contributed by atoms with van der Waals surface area (Å²) in [5, 5.41) is 7.42. The van der Waals surface area contributed by atoms with E-state index in [4.69, 9.17) is 18.9 Å². The predicted octanol–water partition coefficient (Wildman–Crippen LogP) is 3.02. The molecule has 1 N–H and O–H groups in total. The standard InChI is InChI=1S/C24H32N6O6S/c1-14(2)36-21(22-25-10-15(3)11-26-22)16(4)37(31,32)29-24-28-27-23-19-9-18(34-6)8-7-17(19)12-35-20(13-33-5)30(23)24/h7-11,14,16,20-21H,12-13H2,1-6H3,(H,28,29)/t16-,20-,21+/m0/s1. The maximum absolute atomic E-state index is 13.6. The molecule has 3 aromatic rings. The highest BCUT2D eigenvalue weighted by molar-refractivity contribution is 7.93. The Morgan fingerprint density at radius 3 is 2.54 bits per heavy atom. The number of sulfonamides is 1. The highest BCUT2D eigenvalue weighted by atomic mass is 32.2. The number of fused-ring (bicyclic) bond motifs is 3. The normalized spacial score (nSPS) is 17.0. The van der Waals surface area contributed by atoms with Gasteiger partial charge in [0.2, 0.25) is 16.0 Å². The fraction of sp³-hybridized carbons (Fsp3) is 0.500. The lowest BCUT2D eigenvalue weighted by molar-refractivity contribution is -0.0511. The first kappa shape index (κ1) is 26.9. The monoisotopic (exact) mass is 532 g/mol. The van der Waals surface area contributed by atoms with Gasteiger partial charge in [-0.2, -0.15) is 0 Å². The zero-order valence-corrected chi connectivity index (χ0v) is 22.5. The van der Waals surface area contributed by atoms with Gasteiger partial charge < -0.3 is 18.9 Å². The van der Waals surface area contributed by atoms with Crippen molar-refractivity contribution in [2.75, 3.05) is 25.5 Å². The summed E-state index contributed by atoms with van der Waals surface area (Å²) in [6.45, 7) is 7.47. The summed E-state index contributed by atoms with van der Waals surface area (Å²) in [5.74, 6) is 1.32. The van der Waals surface area contributed by atoms with Crippen molar-refractivity contribution in [3.63, 3.8) is 0 Å². The molecular weight excluding hydrogens is 500 g/mol. The summed E-state index contributed by atoms with van der Waals surface area (Å²) in [4.78, 5) is 8.63. The number of methoxy groups -OCH3 is 2. The van der Waals surface area contributed by atoms with Crippen molar-refractivity contribution in [2.24, 2.45) is 0 Å². The quantitative estimate of drug-likeness (QED) is 0.414. The van der Waals surface area contributed by atoms with Gasteiger partial charge in [-0.05, 0) is 51.0 Å². The van der Waals surface area contributed by atoms with E-state index in [1.165, 1.54) is 7.11 Å². The molecule has 0 saturated carbocycles. The van der Waals surface area contributed by atoms with E-state index in [2.05, 4.69) is 24.9 Å². The summed E-state index contributed by atoms with van der Waals surface area (Å²) in [6, 6.07) is 5.52. The van der Waals surface area contributed by atoms with Crippen LogP contribution in [0.3, 0.4) is 0 Å². The molecule has 2 aromatic heterocycles. The van der Waals surface area contributed by atoms with E-state index in [-0.39, 0.29) is 31.1 Å². The third-order valence-corrected chi connectivity index (χ3v) is 7.60. The van der Waals surface area contributed by atoms with Crippen molar-refractivity contribution in [1.29, 1.82) is 0 Å². The minimum atomic E-state index is -4.06. The molecule has 0 saturated heterocycles. The molecule has 1 aromatic carbocycles. The van der Waals surface area contributed by atoms with Crippen LogP contribution in [0, 0.1) is 6.92 Å². The summed E-state index contributed by atoms with van der Waals surface area (Å²) in [7, 11) is -0.951. The number of hydrogen-bond acceptors (Lipinski definition) is 10. The van der Waals surface area contributed by atoms with Gasteiger partial charge in [0.1, 0.15) is 17.1 Å². The predicted molar refractivity (Wildman–Crippen MR) is 135 cm³/mol. The molecule has 3 heterocycles. The van der Waals surface area contributed by atoms with Crippen molar-refractivity contribution in [3.8, 4) is 17.1 Å². The fourth-order valence-corrected chi connectivity index (χ4v) is 5.06. The molecule has 1 aliphatic heterocycles. The van der Waals surface area contributed by atoms with E-state index >= 15 is 0 Å². The summed E-state index contributed by atoms with van der Waals surface area (Å²) < 4.78 is 54.2. The molecular formula is C24H32N6O6S. The lowest BCUT2D eigenvalue weighted by Crippen LogP contribution is -2.35. The van der Waals surface area contributed by atoms with Gasteiger partial charge in [-0.3, -0.25) is 9.29 Å². The van der Waals surface area contributed by atoms with E-state index in [1.807, 2.05) is 39.0 Å². The third kappa shape index (κ3) is 5.74. The van der Waals surface area contributed by atoms with Crippen LogP contribution in [0.15, 0.2) is 30.6 Å². The van der Waals surface area contributed by atoms with Crippen LogP contribution in [-0.4, -0.2) is 65.3 Å². The molecule has 0 radical (unpaired) electrons. The first-order valence-corrected chi connectivity index (χ1v) is 13.4.